The lowest BCUT2D eigenvalue weighted by atomic mass is 10.4. The summed E-state index contributed by atoms with van der Waals surface area (Å²) in [5.41, 5.74) is 0. The number of morpholine rings is 1. The van der Waals surface area contributed by atoms with Crippen LogP contribution in [-0.2, 0) is 4.74 Å². The maximum absolute atomic E-state index is 5.75. The van der Waals surface area contributed by atoms with Crippen LogP contribution in [0.2, 0.25) is 5.28 Å². The highest BCUT2D eigenvalue weighted by Crippen LogP contribution is 2.11. The minimum atomic E-state index is 0.249. The van der Waals surface area contributed by atoms with Gasteiger partial charge in [0.2, 0.25) is 11.2 Å². The number of ether oxygens (including phenoxy) is 1. The van der Waals surface area contributed by atoms with Crippen LogP contribution in [0.25, 0.3) is 0 Å². The van der Waals surface area contributed by atoms with Gasteiger partial charge in [-0.1, -0.05) is 13.8 Å². The van der Waals surface area contributed by atoms with Crippen LogP contribution in [-0.4, -0.2) is 41.3 Å². The fourth-order valence-electron chi connectivity index (χ4n) is 1.34. The molecule has 90 valence electrons. The van der Waals surface area contributed by atoms with Crippen molar-refractivity contribution >= 4 is 17.5 Å². The molecule has 0 amide bonds. The van der Waals surface area contributed by atoms with Gasteiger partial charge in [-0.25, -0.2) is 4.98 Å². The van der Waals surface area contributed by atoms with Gasteiger partial charge >= 0.3 is 0 Å². The van der Waals surface area contributed by atoms with Crippen molar-refractivity contribution in [2.24, 2.45) is 0 Å². The smallest absolute Gasteiger partial charge is 0.230 e. The van der Waals surface area contributed by atoms with Crippen molar-refractivity contribution in [1.82, 2.24) is 15.0 Å². The fourth-order valence-corrected chi connectivity index (χ4v) is 1.54. The molecule has 1 saturated heterocycles. The molecular weight excluding hydrogens is 228 g/mol. The topological polar surface area (TPSA) is 51.1 Å². The molecule has 0 radical (unpaired) electrons. The number of hydrogen-bond donors (Lipinski definition) is 0. The standard InChI is InChI=1S/C8H11ClN4O.C2H6/c1-6-10-7(9)12-8(11-6)13-2-4-14-5-3-13;1-2/h2-5H2,1H3;1-2H3. The Kier molecular flexibility index (Phi) is 5.42. The first kappa shape index (κ1) is 13.1. The Morgan fingerprint density at radius 1 is 1.12 bits per heavy atom. The first-order valence-corrected chi connectivity index (χ1v) is 5.84. The number of halogens is 1. The van der Waals surface area contributed by atoms with E-state index in [1.807, 2.05) is 18.7 Å². The van der Waals surface area contributed by atoms with E-state index in [2.05, 4.69) is 15.0 Å². The van der Waals surface area contributed by atoms with E-state index in [-0.39, 0.29) is 5.28 Å². The van der Waals surface area contributed by atoms with Crippen LogP contribution in [0.3, 0.4) is 0 Å². The summed E-state index contributed by atoms with van der Waals surface area (Å²) >= 11 is 5.75. The van der Waals surface area contributed by atoms with Gasteiger partial charge < -0.3 is 9.64 Å². The first-order valence-electron chi connectivity index (χ1n) is 5.46. The minimum Gasteiger partial charge on any atom is -0.378 e. The zero-order chi connectivity index (χ0) is 12.0. The number of aromatic nitrogens is 3. The minimum absolute atomic E-state index is 0.249. The van der Waals surface area contributed by atoms with E-state index >= 15 is 0 Å². The van der Waals surface area contributed by atoms with Gasteiger partial charge in [0.1, 0.15) is 5.82 Å². The monoisotopic (exact) mass is 244 g/mol. The molecule has 16 heavy (non-hydrogen) atoms. The van der Waals surface area contributed by atoms with Gasteiger partial charge in [0.05, 0.1) is 13.2 Å². The molecule has 0 unspecified atom stereocenters. The Labute approximate surface area is 101 Å². The van der Waals surface area contributed by atoms with Gasteiger partial charge in [0, 0.05) is 13.1 Å². The van der Waals surface area contributed by atoms with Crippen LogP contribution in [0.5, 0.6) is 0 Å². The molecule has 0 atom stereocenters. The van der Waals surface area contributed by atoms with E-state index in [1.54, 1.807) is 6.92 Å². The molecule has 0 aliphatic carbocycles. The van der Waals surface area contributed by atoms with Crippen LogP contribution in [0.1, 0.15) is 19.7 Å². The van der Waals surface area contributed by atoms with E-state index in [0.29, 0.717) is 25.0 Å². The lowest BCUT2D eigenvalue weighted by Crippen LogP contribution is -2.37. The number of rotatable bonds is 1. The van der Waals surface area contributed by atoms with Gasteiger partial charge in [0.15, 0.2) is 0 Å². The summed E-state index contributed by atoms with van der Waals surface area (Å²) in [6, 6.07) is 0. The average molecular weight is 245 g/mol. The van der Waals surface area contributed by atoms with Crippen molar-refractivity contribution < 1.29 is 4.74 Å². The van der Waals surface area contributed by atoms with E-state index in [9.17, 15) is 0 Å². The van der Waals surface area contributed by atoms with Gasteiger partial charge in [-0.05, 0) is 18.5 Å². The lowest BCUT2D eigenvalue weighted by Gasteiger charge is -2.26. The average Bonchev–Trinajstić information content (AvgIpc) is 2.32. The highest BCUT2D eigenvalue weighted by molar-refractivity contribution is 6.28. The largest absolute Gasteiger partial charge is 0.378 e. The summed E-state index contributed by atoms with van der Waals surface area (Å²) in [6.45, 7) is 8.84. The molecule has 2 heterocycles. The van der Waals surface area contributed by atoms with Crippen molar-refractivity contribution in [1.29, 1.82) is 0 Å². The normalized spacial score (nSPS) is 15.4. The summed E-state index contributed by atoms with van der Waals surface area (Å²) < 4.78 is 5.24. The summed E-state index contributed by atoms with van der Waals surface area (Å²) in [7, 11) is 0. The fraction of sp³-hybridized carbons (Fsp3) is 0.700. The second-order valence-electron chi connectivity index (χ2n) is 3.05. The molecule has 1 aliphatic rings. The zero-order valence-electron chi connectivity index (χ0n) is 9.90. The summed E-state index contributed by atoms with van der Waals surface area (Å²) in [6.07, 6.45) is 0. The molecule has 5 nitrogen and oxygen atoms in total. The molecule has 1 aromatic rings. The summed E-state index contributed by atoms with van der Waals surface area (Å²) in [5, 5.41) is 0.249. The quantitative estimate of drug-likeness (QED) is 0.753. The number of anilines is 1. The van der Waals surface area contributed by atoms with Crippen LogP contribution in [0.15, 0.2) is 0 Å². The first-order chi connectivity index (χ1) is 7.75. The van der Waals surface area contributed by atoms with Gasteiger partial charge in [-0.15, -0.1) is 0 Å². The van der Waals surface area contributed by atoms with Crippen LogP contribution < -0.4 is 4.90 Å². The van der Waals surface area contributed by atoms with Crippen molar-refractivity contribution in [2.75, 3.05) is 31.2 Å². The molecule has 0 bridgehead atoms. The summed E-state index contributed by atoms with van der Waals surface area (Å²) in [5.74, 6) is 1.29. The molecule has 0 saturated carbocycles. The van der Waals surface area contributed by atoms with Crippen LogP contribution in [0, 0.1) is 6.92 Å². The molecule has 0 spiro atoms. The van der Waals surface area contributed by atoms with Gasteiger partial charge in [-0.2, -0.15) is 9.97 Å². The number of aryl methyl sites for hydroxylation is 1. The van der Waals surface area contributed by atoms with Gasteiger partial charge in [0.25, 0.3) is 0 Å². The molecule has 0 N–H and O–H groups in total. The predicted molar refractivity (Wildman–Crippen MR) is 64.0 cm³/mol. The Bertz CT molecular complexity index is 308. The molecule has 6 heteroatoms. The third-order valence-electron chi connectivity index (χ3n) is 2.00. The highest BCUT2D eigenvalue weighted by atomic mass is 35.5. The van der Waals surface area contributed by atoms with E-state index in [4.69, 9.17) is 16.3 Å². The van der Waals surface area contributed by atoms with Crippen LogP contribution >= 0.6 is 11.6 Å². The Morgan fingerprint density at radius 3 is 2.31 bits per heavy atom. The number of hydrogen-bond acceptors (Lipinski definition) is 5. The van der Waals surface area contributed by atoms with Gasteiger partial charge in [-0.3, -0.25) is 0 Å². The second kappa shape index (κ2) is 6.60. The Hall–Kier alpha value is -0.940. The van der Waals surface area contributed by atoms with E-state index < -0.39 is 0 Å². The maximum Gasteiger partial charge on any atom is 0.230 e. The molecule has 1 aromatic heterocycles. The highest BCUT2D eigenvalue weighted by Gasteiger charge is 2.14. The summed E-state index contributed by atoms with van der Waals surface area (Å²) in [4.78, 5) is 14.3. The Balaban J connectivity index is 0.000000606. The zero-order valence-corrected chi connectivity index (χ0v) is 10.7. The van der Waals surface area contributed by atoms with Crippen molar-refractivity contribution in [3.63, 3.8) is 0 Å². The third kappa shape index (κ3) is 3.57. The lowest BCUT2D eigenvalue weighted by molar-refractivity contribution is 0.122. The molecule has 0 aromatic carbocycles. The molecule has 1 fully saturated rings. The predicted octanol–water partition coefficient (Wildman–Crippen LogP) is 1.70. The van der Waals surface area contributed by atoms with Crippen LogP contribution in [0.4, 0.5) is 5.95 Å². The molecule has 2 rings (SSSR count). The van der Waals surface area contributed by atoms with E-state index in [0.717, 1.165) is 13.1 Å². The van der Waals surface area contributed by atoms with Crippen molar-refractivity contribution in [3.8, 4) is 0 Å². The SMILES string of the molecule is CC.Cc1nc(Cl)nc(N2CCOCC2)n1. The number of nitrogens with zero attached hydrogens (tertiary/aromatic N) is 4. The Morgan fingerprint density at radius 2 is 1.75 bits per heavy atom. The van der Waals surface area contributed by atoms with Crippen molar-refractivity contribution in [3.05, 3.63) is 11.1 Å². The molecular formula is C10H17ClN4O. The van der Waals surface area contributed by atoms with Crippen molar-refractivity contribution in [2.45, 2.75) is 20.8 Å². The van der Waals surface area contributed by atoms with E-state index in [1.165, 1.54) is 0 Å². The third-order valence-corrected chi connectivity index (χ3v) is 2.17. The molecule has 1 aliphatic heterocycles. The second-order valence-corrected chi connectivity index (χ2v) is 3.39. The maximum atomic E-state index is 5.75.